The van der Waals surface area contributed by atoms with Crippen LogP contribution in [0, 0.1) is 0 Å². The van der Waals surface area contributed by atoms with Crippen LogP contribution in [0.5, 0.6) is 17.2 Å². The first-order valence-electron chi connectivity index (χ1n) is 5.21. The van der Waals surface area contributed by atoms with E-state index in [1.807, 2.05) is 0 Å². The van der Waals surface area contributed by atoms with Crippen molar-refractivity contribution < 1.29 is 14.2 Å². The van der Waals surface area contributed by atoms with Crippen molar-refractivity contribution in [3.05, 3.63) is 18.3 Å². The minimum absolute atomic E-state index is 0. The molecule has 0 radical (unpaired) electrons. The van der Waals surface area contributed by atoms with Gasteiger partial charge in [-0.3, -0.25) is 0 Å². The first-order chi connectivity index (χ1) is 8.69. The fourth-order valence-corrected chi connectivity index (χ4v) is 2.39. The molecule has 1 aromatic carbocycles. The van der Waals surface area contributed by atoms with Gasteiger partial charge in [0, 0.05) is 18.3 Å². The zero-order valence-electron chi connectivity index (χ0n) is 10.8. The summed E-state index contributed by atoms with van der Waals surface area (Å²) in [6.45, 7) is 0. The number of benzene rings is 1. The topological polar surface area (TPSA) is 66.6 Å². The fraction of sp³-hybridized carbons (Fsp3) is 0.250. The van der Waals surface area contributed by atoms with Gasteiger partial charge in [-0.2, -0.15) is 0 Å². The summed E-state index contributed by atoms with van der Waals surface area (Å²) in [5.41, 5.74) is 6.48. The number of hydrogen-bond donors (Lipinski definition) is 1. The van der Waals surface area contributed by atoms with Gasteiger partial charge in [0.2, 0.25) is 0 Å². The van der Waals surface area contributed by atoms with E-state index in [4.69, 9.17) is 19.9 Å². The molecule has 0 aliphatic heterocycles. The standard InChI is InChI=1S/C12H14N2O3S.ClH/c1-15-7-4-8(16-2)11(9(5-7)17-3)10-6-14-12(13)18-10;/h4-6H,1-3H3,(H2,13,14);1H. The molecule has 0 atom stereocenters. The van der Waals surface area contributed by atoms with Crippen LogP contribution < -0.4 is 19.9 Å². The molecule has 2 aromatic rings. The summed E-state index contributed by atoms with van der Waals surface area (Å²) in [5.74, 6) is 2.00. The number of thiazole rings is 1. The van der Waals surface area contributed by atoms with Gasteiger partial charge < -0.3 is 19.9 Å². The third-order valence-corrected chi connectivity index (χ3v) is 3.33. The maximum Gasteiger partial charge on any atom is 0.180 e. The number of nitrogens with zero attached hydrogens (tertiary/aromatic N) is 1. The van der Waals surface area contributed by atoms with Crippen LogP contribution in [0.3, 0.4) is 0 Å². The van der Waals surface area contributed by atoms with Crippen LogP contribution in [0.25, 0.3) is 10.4 Å². The second-order valence-corrected chi connectivity index (χ2v) is 4.53. The number of anilines is 1. The highest BCUT2D eigenvalue weighted by Crippen LogP contribution is 2.44. The summed E-state index contributed by atoms with van der Waals surface area (Å²) in [5, 5.41) is 0.505. The van der Waals surface area contributed by atoms with E-state index >= 15 is 0 Å². The predicted octanol–water partition coefficient (Wildman–Crippen LogP) is 2.84. The Hall–Kier alpha value is -1.66. The Morgan fingerprint density at radius 2 is 1.63 bits per heavy atom. The molecule has 1 aromatic heterocycles. The van der Waals surface area contributed by atoms with Crippen LogP contribution in [-0.2, 0) is 0 Å². The summed E-state index contributed by atoms with van der Waals surface area (Å²) in [6.07, 6.45) is 1.70. The van der Waals surface area contributed by atoms with Crippen molar-refractivity contribution >= 4 is 28.9 Å². The molecule has 2 rings (SSSR count). The molecule has 0 amide bonds. The number of halogens is 1. The van der Waals surface area contributed by atoms with Crippen LogP contribution in [0.15, 0.2) is 18.3 Å². The average molecular weight is 303 g/mol. The first-order valence-corrected chi connectivity index (χ1v) is 6.03. The van der Waals surface area contributed by atoms with Gasteiger partial charge in [0.15, 0.2) is 5.13 Å². The van der Waals surface area contributed by atoms with Crippen LogP contribution in [-0.4, -0.2) is 26.3 Å². The van der Waals surface area contributed by atoms with Crippen molar-refractivity contribution in [3.8, 4) is 27.7 Å². The Balaban J connectivity index is 0.00000180. The Bertz CT molecular complexity index is 535. The summed E-state index contributed by atoms with van der Waals surface area (Å²) < 4.78 is 15.9. The Labute approximate surface area is 121 Å². The van der Waals surface area contributed by atoms with Crippen molar-refractivity contribution in [1.82, 2.24) is 4.98 Å². The zero-order chi connectivity index (χ0) is 13.1. The van der Waals surface area contributed by atoms with Crippen molar-refractivity contribution in [1.29, 1.82) is 0 Å². The molecule has 0 fully saturated rings. The predicted molar refractivity (Wildman–Crippen MR) is 78.9 cm³/mol. The molecular weight excluding hydrogens is 288 g/mol. The molecule has 0 unspecified atom stereocenters. The largest absolute Gasteiger partial charge is 0.496 e. The number of hydrogen-bond acceptors (Lipinski definition) is 6. The highest BCUT2D eigenvalue weighted by atomic mass is 35.5. The molecule has 0 saturated heterocycles. The van der Waals surface area contributed by atoms with E-state index in [2.05, 4.69) is 4.98 Å². The molecule has 7 heteroatoms. The molecule has 2 N–H and O–H groups in total. The van der Waals surface area contributed by atoms with Gasteiger partial charge in [-0.15, -0.1) is 12.4 Å². The van der Waals surface area contributed by atoms with E-state index in [-0.39, 0.29) is 12.4 Å². The van der Waals surface area contributed by atoms with Gasteiger partial charge in [0.1, 0.15) is 17.2 Å². The molecule has 0 spiro atoms. The summed E-state index contributed by atoms with van der Waals surface area (Å²) >= 11 is 1.38. The smallest absolute Gasteiger partial charge is 0.180 e. The first kappa shape index (κ1) is 15.4. The number of methoxy groups -OCH3 is 3. The number of aromatic nitrogens is 1. The lowest BCUT2D eigenvalue weighted by Gasteiger charge is -2.13. The van der Waals surface area contributed by atoms with Crippen molar-refractivity contribution in [2.45, 2.75) is 0 Å². The van der Waals surface area contributed by atoms with Crippen LogP contribution in [0.1, 0.15) is 0 Å². The Morgan fingerprint density at radius 1 is 1.05 bits per heavy atom. The van der Waals surface area contributed by atoms with Gasteiger partial charge in [0.25, 0.3) is 0 Å². The second kappa shape index (κ2) is 6.49. The quantitative estimate of drug-likeness (QED) is 0.940. The summed E-state index contributed by atoms with van der Waals surface area (Å²) in [4.78, 5) is 4.93. The molecular formula is C12H15ClN2O3S. The fourth-order valence-electron chi connectivity index (χ4n) is 1.65. The lowest BCUT2D eigenvalue weighted by Crippen LogP contribution is -1.94. The van der Waals surface area contributed by atoms with Gasteiger partial charge in [-0.1, -0.05) is 11.3 Å². The molecule has 5 nitrogen and oxygen atoms in total. The maximum atomic E-state index is 5.66. The van der Waals surface area contributed by atoms with Gasteiger partial charge in [0.05, 0.1) is 31.8 Å². The van der Waals surface area contributed by atoms with E-state index in [0.717, 1.165) is 10.4 Å². The van der Waals surface area contributed by atoms with Crippen molar-refractivity contribution in [2.75, 3.05) is 27.1 Å². The maximum absolute atomic E-state index is 5.66. The normalized spacial score (nSPS) is 9.63. The lowest BCUT2D eigenvalue weighted by molar-refractivity contribution is 0.377. The van der Waals surface area contributed by atoms with Crippen molar-refractivity contribution in [3.63, 3.8) is 0 Å². The molecule has 0 bridgehead atoms. The average Bonchev–Trinajstić information content (AvgIpc) is 2.83. The van der Waals surface area contributed by atoms with Crippen molar-refractivity contribution in [2.24, 2.45) is 0 Å². The minimum Gasteiger partial charge on any atom is -0.496 e. The Morgan fingerprint density at radius 3 is 2.00 bits per heavy atom. The van der Waals surface area contributed by atoms with Crippen LogP contribution in [0.4, 0.5) is 5.13 Å². The van der Waals surface area contributed by atoms with Gasteiger partial charge >= 0.3 is 0 Å². The highest BCUT2D eigenvalue weighted by Gasteiger charge is 2.17. The molecule has 0 aliphatic carbocycles. The van der Waals surface area contributed by atoms with E-state index < -0.39 is 0 Å². The lowest BCUT2D eigenvalue weighted by atomic mass is 10.1. The zero-order valence-corrected chi connectivity index (χ0v) is 12.4. The highest BCUT2D eigenvalue weighted by molar-refractivity contribution is 7.18. The third-order valence-electron chi connectivity index (χ3n) is 2.49. The molecule has 1 heterocycles. The molecule has 0 saturated carbocycles. The van der Waals surface area contributed by atoms with E-state index in [1.54, 1.807) is 39.7 Å². The van der Waals surface area contributed by atoms with Gasteiger partial charge in [-0.05, 0) is 0 Å². The second-order valence-electron chi connectivity index (χ2n) is 3.47. The number of nitrogen functional groups attached to an aromatic ring is 1. The third kappa shape index (κ3) is 3.02. The van der Waals surface area contributed by atoms with Crippen LogP contribution in [0.2, 0.25) is 0 Å². The van der Waals surface area contributed by atoms with Gasteiger partial charge in [-0.25, -0.2) is 4.98 Å². The molecule has 0 aliphatic rings. The number of ether oxygens (including phenoxy) is 3. The minimum atomic E-state index is 0. The molecule has 19 heavy (non-hydrogen) atoms. The monoisotopic (exact) mass is 302 g/mol. The van der Waals surface area contributed by atoms with Crippen LogP contribution >= 0.6 is 23.7 Å². The Kier molecular flexibility index (Phi) is 5.26. The number of nitrogens with two attached hydrogens (primary N) is 1. The SMILES string of the molecule is COc1cc(OC)c(-c2cnc(N)s2)c(OC)c1.Cl. The number of rotatable bonds is 4. The van der Waals surface area contributed by atoms with E-state index in [0.29, 0.717) is 22.4 Å². The summed E-state index contributed by atoms with van der Waals surface area (Å²) in [6, 6.07) is 3.60. The molecule has 104 valence electrons. The van der Waals surface area contributed by atoms with E-state index in [9.17, 15) is 0 Å². The summed E-state index contributed by atoms with van der Waals surface area (Å²) in [7, 11) is 4.79. The van der Waals surface area contributed by atoms with E-state index in [1.165, 1.54) is 11.3 Å².